The summed E-state index contributed by atoms with van der Waals surface area (Å²) in [5, 5.41) is 3.48. The molecule has 1 aromatic carbocycles. The lowest BCUT2D eigenvalue weighted by molar-refractivity contribution is 0.102. The number of thiazole rings is 1. The van der Waals surface area contributed by atoms with E-state index in [0.29, 0.717) is 10.7 Å². The molecule has 0 saturated carbocycles. The van der Waals surface area contributed by atoms with Crippen LogP contribution in [-0.4, -0.2) is 18.0 Å². The van der Waals surface area contributed by atoms with Crippen molar-refractivity contribution in [2.75, 3.05) is 12.4 Å². The molecule has 0 fully saturated rings. The Hall–Kier alpha value is -1.92. The number of thiophene rings is 1. The van der Waals surface area contributed by atoms with Crippen LogP contribution in [0, 0.1) is 13.8 Å². The Morgan fingerprint density at radius 3 is 2.71 bits per heavy atom. The van der Waals surface area contributed by atoms with Crippen LogP contribution in [0.2, 0.25) is 0 Å². The molecular weight excluding hydrogens is 304 g/mol. The van der Waals surface area contributed by atoms with Crippen LogP contribution in [0.3, 0.4) is 0 Å². The third-order valence-electron chi connectivity index (χ3n) is 3.10. The number of fused-ring (bicyclic) bond motifs is 1. The number of methoxy groups -OCH3 is 1. The molecule has 1 amide bonds. The van der Waals surface area contributed by atoms with Gasteiger partial charge >= 0.3 is 0 Å². The van der Waals surface area contributed by atoms with E-state index in [0.717, 1.165) is 25.7 Å². The highest BCUT2D eigenvalue weighted by Gasteiger charge is 2.14. The molecule has 0 aliphatic carbocycles. The van der Waals surface area contributed by atoms with Gasteiger partial charge in [-0.3, -0.25) is 10.1 Å². The van der Waals surface area contributed by atoms with Gasteiger partial charge in [0.1, 0.15) is 5.75 Å². The predicted octanol–water partition coefficient (Wildman–Crippen LogP) is 4.24. The van der Waals surface area contributed by atoms with Crippen molar-refractivity contribution < 1.29 is 9.53 Å². The van der Waals surface area contributed by atoms with Gasteiger partial charge in [0.15, 0.2) is 5.13 Å². The zero-order chi connectivity index (χ0) is 15.0. The fraction of sp³-hybridized carbons (Fsp3) is 0.200. The van der Waals surface area contributed by atoms with Crippen molar-refractivity contribution in [2.24, 2.45) is 0 Å². The van der Waals surface area contributed by atoms with Crippen LogP contribution in [0.4, 0.5) is 5.13 Å². The van der Waals surface area contributed by atoms with E-state index in [1.165, 1.54) is 11.3 Å². The number of carbonyl (C=O) groups is 1. The smallest absolute Gasteiger partial charge is 0.258 e. The number of anilines is 1. The number of aromatic nitrogens is 1. The minimum Gasteiger partial charge on any atom is -0.497 e. The Kier molecular flexibility index (Phi) is 3.65. The molecule has 3 aromatic rings. The molecule has 1 N–H and O–H groups in total. The number of benzene rings is 1. The number of hydrogen-bond donors (Lipinski definition) is 1. The second-order valence-electron chi connectivity index (χ2n) is 4.63. The molecule has 0 radical (unpaired) electrons. The molecule has 21 heavy (non-hydrogen) atoms. The van der Waals surface area contributed by atoms with E-state index in [9.17, 15) is 4.79 Å². The van der Waals surface area contributed by atoms with E-state index in [4.69, 9.17) is 4.74 Å². The van der Waals surface area contributed by atoms with Gasteiger partial charge < -0.3 is 4.74 Å². The fourth-order valence-corrected chi connectivity index (χ4v) is 3.92. The molecule has 0 bridgehead atoms. The summed E-state index contributed by atoms with van der Waals surface area (Å²) in [5.41, 5.74) is 1.57. The van der Waals surface area contributed by atoms with Gasteiger partial charge in [-0.15, -0.1) is 11.3 Å². The Balaban J connectivity index is 1.87. The summed E-state index contributed by atoms with van der Waals surface area (Å²) in [6, 6.07) is 7.58. The average Bonchev–Trinajstić information content (AvgIpc) is 2.99. The van der Waals surface area contributed by atoms with Crippen LogP contribution in [0.25, 0.3) is 10.2 Å². The number of nitrogens with zero attached hydrogens (tertiary/aromatic N) is 1. The summed E-state index contributed by atoms with van der Waals surface area (Å²) in [4.78, 5) is 18.9. The van der Waals surface area contributed by atoms with E-state index >= 15 is 0 Å². The van der Waals surface area contributed by atoms with Crippen LogP contribution in [-0.2, 0) is 0 Å². The van der Waals surface area contributed by atoms with E-state index in [1.807, 2.05) is 38.1 Å². The molecule has 2 heterocycles. The summed E-state index contributed by atoms with van der Waals surface area (Å²) in [5.74, 6) is 0.677. The SMILES string of the molecule is COc1ccc2nc(NC(=O)c3cc(C)sc3C)sc2c1. The van der Waals surface area contributed by atoms with Crippen molar-refractivity contribution >= 4 is 43.9 Å². The van der Waals surface area contributed by atoms with E-state index in [-0.39, 0.29) is 5.91 Å². The van der Waals surface area contributed by atoms with Gasteiger partial charge in [-0.25, -0.2) is 4.98 Å². The molecule has 0 unspecified atom stereocenters. The van der Waals surface area contributed by atoms with Gasteiger partial charge in [0.05, 0.1) is 22.9 Å². The first-order valence-electron chi connectivity index (χ1n) is 6.40. The van der Waals surface area contributed by atoms with E-state index in [2.05, 4.69) is 10.3 Å². The van der Waals surface area contributed by atoms with Crippen LogP contribution in [0.1, 0.15) is 20.1 Å². The standard InChI is InChI=1S/C15H14N2O2S2/c1-8-6-11(9(2)20-8)14(18)17-15-16-12-5-4-10(19-3)7-13(12)21-15/h4-7H,1-3H3,(H,16,17,18). The average molecular weight is 318 g/mol. The summed E-state index contributed by atoms with van der Waals surface area (Å²) in [7, 11) is 1.63. The van der Waals surface area contributed by atoms with Crippen molar-refractivity contribution in [3.8, 4) is 5.75 Å². The predicted molar refractivity (Wildman–Crippen MR) is 87.9 cm³/mol. The summed E-state index contributed by atoms with van der Waals surface area (Å²) in [6.07, 6.45) is 0. The van der Waals surface area contributed by atoms with Gasteiger partial charge in [-0.1, -0.05) is 11.3 Å². The normalized spacial score (nSPS) is 10.8. The Morgan fingerprint density at radius 1 is 1.24 bits per heavy atom. The van der Waals surface area contributed by atoms with Crippen LogP contribution in [0.5, 0.6) is 5.75 Å². The second-order valence-corrected chi connectivity index (χ2v) is 7.12. The van der Waals surface area contributed by atoms with Crippen LogP contribution >= 0.6 is 22.7 Å². The minimum atomic E-state index is -0.108. The van der Waals surface area contributed by atoms with E-state index < -0.39 is 0 Å². The topological polar surface area (TPSA) is 51.2 Å². The summed E-state index contributed by atoms with van der Waals surface area (Å²) in [6.45, 7) is 3.95. The number of hydrogen-bond acceptors (Lipinski definition) is 5. The molecule has 0 aliphatic heterocycles. The molecular formula is C15H14N2O2S2. The molecule has 0 saturated heterocycles. The maximum absolute atomic E-state index is 12.3. The summed E-state index contributed by atoms with van der Waals surface area (Å²) >= 11 is 3.07. The van der Waals surface area contributed by atoms with Crippen LogP contribution in [0.15, 0.2) is 24.3 Å². The fourth-order valence-electron chi connectivity index (χ4n) is 2.11. The quantitative estimate of drug-likeness (QED) is 0.786. The molecule has 4 nitrogen and oxygen atoms in total. The lowest BCUT2D eigenvalue weighted by Gasteiger charge is -1.99. The molecule has 6 heteroatoms. The highest BCUT2D eigenvalue weighted by atomic mass is 32.1. The molecule has 0 spiro atoms. The largest absolute Gasteiger partial charge is 0.497 e. The van der Waals surface area contributed by atoms with Crippen molar-refractivity contribution in [1.29, 1.82) is 0 Å². The van der Waals surface area contributed by atoms with Crippen molar-refractivity contribution in [3.63, 3.8) is 0 Å². The highest BCUT2D eigenvalue weighted by Crippen LogP contribution is 2.30. The van der Waals surface area contributed by atoms with Crippen molar-refractivity contribution in [2.45, 2.75) is 13.8 Å². The second kappa shape index (κ2) is 5.46. The lowest BCUT2D eigenvalue weighted by atomic mass is 10.2. The molecule has 0 atom stereocenters. The third kappa shape index (κ3) is 2.77. The Bertz CT molecular complexity index is 820. The first kappa shape index (κ1) is 14.0. The highest BCUT2D eigenvalue weighted by molar-refractivity contribution is 7.22. The number of rotatable bonds is 3. The zero-order valence-electron chi connectivity index (χ0n) is 11.9. The maximum atomic E-state index is 12.3. The van der Waals surface area contributed by atoms with Gasteiger partial charge in [0, 0.05) is 9.75 Å². The molecule has 0 aliphatic rings. The zero-order valence-corrected chi connectivity index (χ0v) is 13.5. The third-order valence-corrected chi connectivity index (χ3v) is 5.00. The monoisotopic (exact) mass is 318 g/mol. The lowest BCUT2D eigenvalue weighted by Crippen LogP contribution is -2.11. The Labute approximate surface area is 130 Å². The summed E-state index contributed by atoms with van der Waals surface area (Å²) < 4.78 is 6.18. The number of aryl methyl sites for hydroxylation is 2. The molecule has 2 aromatic heterocycles. The van der Waals surface area contributed by atoms with Gasteiger partial charge in [0.25, 0.3) is 5.91 Å². The van der Waals surface area contributed by atoms with Gasteiger partial charge in [0.2, 0.25) is 0 Å². The van der Waals surface area contributed by atoms with Gasteiger partial charge in [-0.05, 0) is 38.1 Å². The molecule has 3 rings (SSSR count). The Morgan fingerprint density at radius 2 is 2.05 bits per heavy atom. The first-order chi connectivity index (χ1) is 10.1. The van der Waals surface area contributed by atoms with Gasteiger partial charge in [-0.2, -0.15) is 0 Å². The number of carbonyl (C=O) groups excluding carboxylic acids is 1. The number of nitrogens with one attached hydrogen (secondary N) is 1. The maximum Gasteiger partial charge on any atom is 0.258 e. The van der Waals surface area contributed by atoms with Crippen molar-refractivity contribution in [3.05, 3.63) is 39.6 Å². The van der Waals surface area contributed by atoms with Crippen molar-refractivity contribution in [1.82, 2.24) is 4.98 Å². The van der Waals surface area contributed by atoms with E-state index in [1.54, 1.807) is 18.4 Å². The minimum absolute atomic E-state index is 0.108. The first-order valence-corrected chi connectivity index (χ1v) is 8.03. The number of amides is 1. The molecule has 108 valence electrons. The van der Waals surface area contributed by atoms with Crippen LogP contribution < -0.4 is 10.1 Å². The number of ether oxygens (including phenoxy) is 1.